The first-order chi connectivity index (χ1) is 8.31. The van der Waals surface area contributed by atoms with E-state index in [1.165, 1.54) is 6.20 Å². The molecule has 0 aliphatic carbocycles. The first-order valence-corrected chi connectivity index (χ1v) is 5.70. The van der Waals surface area contributed by atoms with Crippen LogP contribution in [0, 0.1) is 5.82 Å². The Morgan fingerprint density at radius 2 is 2.24 bits per heavy atom. The third-order valence-electron chi connectivity index (χ3n) is 2.43. The van der Waals surface area contributed by atoms with Gasteiger partial charge in [0.05, 0.1) is 18.3 Å². The molecule has 2 rings (SSSR count). The van der Waals surface area contributed by atoms with E-state index in [1.807, 2.05) is 6.07 Å². The highest BCUT2D eigenvalue weighted by atomic mass is 19.1. The zero-order valence-electron chi connectivity index (χ0n) is 9.74. The van der Waals surface area contributed by atoms with E-state index >= 15 is 0 Å². The lowest BCUT2D eigenvalue weighted by atomic mass is 10.2. The van der Waals surface area contributed by atoms with Gasteiger partial charge in [-0.05, 0) is 31.2 Å². The van der Waals surface area contributed by atoms with Crippen molar-refractivity contribution in [3.05, 3.63) is 42.2 Å². The first kappa shape index (κ1) is 11.8. The predicted octanol–water partition coefficient (Wildman–Crippen LogP) is 2.98. The number of hydrogen-bond acceptors (Lipinski definition) is 3. The number of nitrogens with one attached hydrogen (secondary N) is 1. The number of rotatable bonds is 5. The van der Waals surface area contributed by atoms with Crippen LogP contribution in [0.2, 0.25) is 0 Å². The number of furan rings is 1. The second-order valence-electron chi connectivity index (χ2n) is 3.80. The number of halogens is 1. The summed E-state index contributed by atoms with van der Waals surface area (Å²) < 4.78 is 19.0. The molecule has 2 aromatic heterocycles. The molecule has 90 valence electrons. The molecule has 0 unspecified atom stereocenters. The Morgan fingerprint density at radius 3 is 3.00 bits per heavy atom. The van der Waals surface area contributed by atoms with Crippen LogP contribution in [0.25, 0.3) is 11.3 Å². The van der Waals surface area contributed by atoms with Crippen LogP contribution in [0.1, 0.15) is 19.1 Å². The minimum absolute atomic E-state index is 0.366. The molecule has 0 bridgehead atoms. The molecular formula is C13H15FN2O. The minimum atomic E-state index is -0.366. The van der Waals surface area contributed by atoms with Gasteiger partial charge in [0.15, 0.2) is 5.82 Å². The van der Waals surface area contributed by atoms with Crippen LogP contribution in [-0.2, 0) is 6.54 Å². The third-order valence-corrected chi connectivity index (χ3v) is 2.43. The van der Waals surface area contributed by atoms with Gasteiger partial charge >= 0.3 is 0 Å². The number of nitrogens with zero attached hydrogens (tertiary/aromatic N) is 1. The van der Waals surface area contributed by atoms with Crippen LogP contribution in [0.3, 0.4) is 0 Å². The lowest BCUT2D eigenvalue weighted by Crippen LogP contribution is -2.12. The lowest BCUT2D eigenvalue weighted by molar-refractivity contribution is 0.490. The maximum atomic E-state index is 13.5. The number of aromatic nitrogens is 1. The van der Waals surface area contributed by atoms with Gasteiger partial charge in [0.25, 0.3) is 0 Å². The SMILES string of the molecule is CCCNCc1ccc(-c2ccncc2F)o1. The topological polar surface area (TPSA) is 38.1 Å². The van der Waals surface area contributed by atoms with Crippen LogP contribution in [-0.4, -0.2) is 11.5 Å². The quantitative estimate of drug-likeness (QED) is 0.808. The van der Waals surface area contributed by atoms with Crippen LogP contribution in [0.15, 0.2) is 35.0 Å². The Bertz CT molecular complexity index is 482. The van der Waals surface area contributed by atoms with E-state index in [0.29, 0.717) is 17.9 Å². The minimum Gasteiger partial charge on any atom is -0.460 e. The fourth-order valence-electron chi connectivity index (χ4n) is 1.58. The van der Waals surface area contributed by atoms with Crippen molar-refractivity contribution in [3.8, 4) is 11.3 Å². The van der Waals surface area contributed by atoms with Crippen molar-refractivity contribution in [2.75, 3.05) is 6.54 Å². The van der Waals surface area contributed by atoms with Crippen molar-refractivity contribution in [2.24, 2.45) is 0 Å². The van der Waals surface area contributed by atoms with Gasteiger partial charge in [-0.15, -0.1) is 0 Å². The summed E-state index contributed by atoms with van der Waals surface area (Å²) in [5, 5.41) is 3.23. The highest BCUT2D eigenvalue weighted by Gasteiger charge is 2.09. The average Bonchev–Trinajstić information content (AvgIpc) is 2.79. The molecule has 0 radical (unpaired) electrons. The maximum Gasteiger partial charge on any atom is 0.152 e. The van der Waals surface area contributed by atoms with E-state index in [1.54, 1.807) is 18.3 Å². The summed E-state index contributed by atoms with van der Waals surface area (Å²) in [5.74, 6) is 0.984. The molecule has 0 saturated heterocycles. The van der Waals surface area contributed by atoms with Gasteiger partial charge in [-0.1, -0.05) is 6.92 Å². The predicted molar refractivity (Wildman–Crippen MR) is 63.9 cm³/mol. The molecule has 0 fully saturated rings. The van der Waals surface area contributed by atoms with E-state index in [0.717, 1.165) is 18.7 Å². The molecule has 0 aliphatic rings. The second-order valence-corrected chi connectivity index (χ2v) is 3.80. The maximum absolute atomic E-state index is 13.5. The highest BCUT2D eigenvalue weighted by Crippen LogP contribution is 2.23. The van der Waals surface area contributed by atoms with Crippen LogP contribution >= 0.6 is 0 Å². The molecule has 0 spiro atoms. The highest BCUT2D eigenvalue weighted by molar-refractivity contribution is 5.57. The van der Waals surface area contributed by atoms with Gasteiger partial charge < -0.3 is 9.73 Å². The molecule has 2 aromatic rings. The molecule has 0 aromatic carbocycles. The van der Waals surface area contributed by atoms with Gasteiger partial charge in [0, 0.05) is 6.20 Å². The Morgan fingerprint density at radius 1 is 1.35 bits per heavy atom. The summed E-state index contributed by atoms with van der Waals surface area (Å²) >= 11 is 0. The molecule has 1 N–H and O–H groups in total. The number of hydrogen-bond donors (Lipinski definition) is 1. The van der Waals surface area contributed by atoms with Crippen molar-refractivity contribution >= 4 is 0 Å². The smallest absolute Gasteiger partial charge is 0.152 e. The van der Waals surface area contributed by atoms with E-state index in [9.17, 15) is 4.39 Å². The van der Waals surface area contributed by atoms with E-state index < -0.39 is 0 Å². The van der Waals surface area contributed by atoms with Crippen molar-refractivity contribution in [1.29, 1.82) is 0 Å². The van der Waals surface area contributed by atoms with E-state index in [4.69, 9.17) is 4.42 Å². The molecule has 0 amide bonds. The molecule has 4 heteroatoms. The van der Waals surface area contributed by atoms with E-state index in [-0.39, 0.29) is 5.82 Å². The zero-order chi connectivity index (χ0) is 12.1. The fraction of sp³-hybridized carbons (Fsp3) is 0.308. The summed E-state index contributed by atoms with van der Waals surface area (Å²) in [6.45, 7) is 3.72. The normalized spacial score (nSPS) is 10.7. The average molecular weight is 234 g/mol. The molecular weight excluding hydrogens is 219 g/mol. The molecule has 3 nitrogen and oxygen atoms in total. The summed E-state index contributed by atoms with van der Waals surface area (Å²) in [5.41, 5.74) is 0.446. The molecule has 17 heavy (non-hydrogen) atoms. The largest absolute Gasteiger partial charge is 0.460 e. The molecule has 2 heterocycles. The Balaban J connectivity index is 2.10. The monoisotopic (exact) mass is 234 g/mol. The van der Waals surface area contributed by atoms with Gasteiger partial charge in [0.1, 0.15) is 11.5 Å². The summed E-state index contributed by atoms with van der Waals surface area (Å²) in [6, 6.07) is 5.25. The van der Waals surface area contributed by atoms with Crippen LogP contribution < -0.4 is 5.32 Å². The van der Waals surface area contributed by atoms with Gasteiger partial charge in [-0.3, -0.25) is 4.98 Å². The molecule has 0 saturated carbocycles. The zero-order valence-corrected chi connectivity index (χ0v) is 9.74. The second kappa shape index (κ2) is 5.59. The van der Waals surface area contributed by atoms with Crippen LogP contribution in [0.5, 0.6) is 0 Å². The standard InChI is InChI=1S/C13H15FN2O/c1-2-6-15-8-10-3-4-13(17-10)11-5-7-16-9-12(11)14/h3-5,7,9,15H,2,6,8H2,1H3. The fourth-order valence-corrected chi connectivity index (χ4v) is 1.58. The Hall–Kier alpha value is -1.68. The summed E-state index contributed by atoms with van der Waals surface area (Å²) in [4.78, 5) is 3.71. The van der Waals surface area contributed by atoms with Crippen molar-refractivity contribution in [2.45, 2.75) is 19.9 Å². The summed E-state index contributed by atoms with van der Waals surface area (Å²) in [7, 11) is 0. The summed E-state index contributed by atoms with van der Waals surface area (Å²) in [6.07, 6.45) is 3.81. The van der Waals surface area contributed by atoms with Crippen molar-refractivity contribution < 1.29 is 8.81 Å². The van der Waals surface area contributed by atoms with Crippen LogP contribution in [0.4, 0.5) is 4.39 Å². The van der Waals surface area contributed by atoms with Gasteiger partial charge in [0.2, 0.25) is 0 Å². The Kier molecular flexibility index (Phi) is 3.88. The molecule has 0 aliphatic heterocycles. The third kappa shape index (κ3) is 2.91. The number of pyridine rings is 1. The van der Waals surface area contributed by atoms with Gasteiger partial charge in [-0.2, -0.15) is 0 Å². The Labute approximate surface area is 99.7 Å². The lowest BCUT2D eigenvalue weighted by Gasteiger charge is -2.00. The van der Waals surface area contributed by atoms with Gasteiger partial charge in [-0.25, -0.2) is 4.39 Å². The molecule has 0 atom stereocenters. The first-order valence-electron chi connectivity index (χ1n) is 5.70. The van der Waals surface area contributed by atoms with Crippen molar-refractivity contribution in [1.82, 2.24) is 10.3 Å². The van der Waals surface area contributed by atoms with Crippen molar-refractivity contribution in [3.63, 3.8) is 0 Å². The van der Waals surface area contributed by atoms with E-state index in [2.05, 4.69) is 17.2 Å².